The van der Waals surface area contributed by atoms with Gasteiger partial charge in [0.25, 0.3) is 5.91 Å². The summed E-state index contributed by atoms with van der Waals surface area (Å²) in [6.45, 7) is 2.17. The Morgan fingerprint density at radius 1 is 1.27 bits per heavy atom. The number of ether oxygens (including phenoxy) is 2. The van der Waals surface area contributed by atoms with Gasteiger partial charge in [-0.15, -0.1) is 0 Å². The van der Waals surface area contributed by atoms with Crippen molar-refractivity contribution in [1.29, 1.82) is 10.5 Å². The molecule has 110 valence electrons. The summed E-state index contributed by atoms with van der Waals surface area (Å²) in [7, 11) is 0. The lowest BCUT2D eigenvalue weighted by molar-refractivity contribution is -0.193. The van der Waals surface area contributed by atoms with Crippen LogP contribution in [0.4, 0.5) is 0 Å². The number of rotatable bonds is 1. The number of nitrogens with two attached hydrogens (primary N) is 1. The van der Waals surface area contributed by atoms with Gasteiger partial charge in [-0.1, -0.05) is 30.3 Å². The van der Waals surface area contributed by atoms with Gasteiger partial charge in [-0.2, -0.15) is 10.5 Å². The summed E-state index contributed by atoms with van der Waals surface area (Å²) in [6, 6.07) is 13.9. The Morgan fingerprint density at radius 3 is 2.55 bits per heavy atom. The fourth-order valence-electron chi connectivity index (χ4n) is 4.01. The van der Waals surface area contributed by atoms with Crippen LogP contribution in [0.3, 0.4) is 0 Å². The highest BCUT2D eigenvalue weighted by molar-refractivity contribution is 6.00. The van der Waals surface area contributed by atoms with E-state index in [1.807, 2.05) is 37.3 Å². The molecule has 1 saturated carbocycles. The Kier molecular flexibility index (Phi) is 2.33. The van der Waals surface area contributed by atoms with E-state index in [1.54, 1.807) is 0 Å². The average Bonchev–Trinajstić information content (AvgIpc) is 2.93. The molecule has 0 bridgehead atoms. The Morgan fingerprint density at radius 2 is 2.00 bits per heavy atom. The third-order valence-electron chi connectivity index (χ3n) is 4.93. The Balaban J connectivity index is 1.93. The largest absolute Gasteiger partial charge is 0.386 e. The molecule has 1 saturated heterocycles. The molecule has 1 aromatic rings. The van der Waals surface area contributed by atoms with Gasteiger partial charge in [-0.3, -0.25) is 0 Å². The number of nitriles is 2. The van der Waals surface area contributed by atoms with Gasteiger partial charge in [0.05, 0.1) is 24.8 Å². The number of benzene rings is 1. The minimum absolute atomic E-state index is 0.125. The molecule has 1 aliphatic carbocycles. The summed E-state index contributed by atoms with van der Waals surface area (Å²) in [5.74, 6) is -1.75. The van der Waals surface area contributed by atoms with E-state index in [-0.39, 0.29) is 11.9 Å². The standard InChI is InChI=1S/C16H14N4O2/c1-10-7-21-16(22-10)15(9-18)12(11-5-3-2-4-6-11)14(15,8-17)13(19)20-16/h2-6,10,12H,7H2,1H3,(H2,19,20)/t10-,12-,14+,15+,16+/m1/s1. The molecule has 2 heterocycles. The lowest BCUT2D eigenvalue weighted by Gasteiger charge is -2.26. The Labute approximate surface area is 127 Å². The first-order valence-electron chi connectivity index (χ1n) is 7.13. The molecule has 22 heavy (non-hydrogen) atoms. The topological polar surface area (TPSA) is 104 Å². The SMILES string of the molecule is C[C@@H]1CO[C@]2(N=C(N)[C@]3(C#N)[C@@H](c4ccccc4)[C@]23C#N)O1. The van der Waals surface area contributed by atoms with Crippen molar-refractivity contribution < 1.29 is 9.47 Å². The molecule has 5 atom stereocenters. The Hall–Kier alpha value is -2.41. The number of nitrogens with zero attached hydrogens (tertiary/aromatic N) is 3. The van der Waals surface area contributed by atoms with Crippen LogP contribution in [0.5, 0.6) is 0 Å². The van der Waals surface area contributed by atoms with Crippen LogP contribution in [-0.2, 0) is 9.47 Å². The van der Waals surface area contributed by atoms with Crippen molar-refractivity contribution in [1.82, 2.24) is 0 Å². The first-order chi connectivity index (χ1) is 10.6. The van der Waals surface area contributed by atoms with Gasteiger partial charge in [-0.05, 0) is 12.5 Å². The zero-order chi connectivity index (χ0) is 15.6. The summed E-state index contributed by atoms with van der Waals surface area (Å²) in [4.78, 5) is 4.27. The van der Waals surface area contributed by atoms with Crippen LogP contribution in [0.1, 0.15) is 18.4 Å². The van der Waals surface area contributed by atoms with E-state index in [9.17, 15) is 10.5 Å². The van der Waals surface area contributed by atoms with Gasteiger partial charge in [0.1, 0.15) is 11.3 Å². The summed E-state index contributed by atoms with van der Waals surface area (Å²) in [5, 5.41) is 19.7. The second-order valence-corrected chi connectivity index (χ2v) is 6.00. The van der Waals surface area contributed by atoms with Gasteiger partial charge < -0.3 is 15.2 Å². The second kappa shape index (κ2) is 3.86. The molecule has 3 aliphatic rings. The van der Waals surface area contributed by atoms with E-state index >= 15 is 0 Å². The van der Waals surface area contributed by atoms with Crippen LogP contribution >= 0.6 is 0 Å². The predicted octanol–water partition coefficient (Wildman–Crippen LogP) is 1.26. The fraction of sp³-hybridized carbons (Fsp3) is 0.438. The molecule has 2 aliphatic heterocycles. The molecule has 0 unspecified atom stereocenters. The number of aliphatic imine (C=N–C) groups is 1. The van der Waals surface area contributed by atoms with Crippen LogP contribution in [0.25, 0.3) is 0 Å². The maximum Gasteiger partial charge on any atom is 0.293 e. The van der Waals surface area contributed by atoms with Crippen molar-refractivity contribution >= 4 is 5.84 Å². The molecule has 0 amide bonds. The van der Waals surface area contributed by atoms with E-state index in [4.69, 9.17) is 15.2 Å². The fourth-order valence-corrected chi connectivity index (χ4v) is 4.01. The first kappa shape index (κ1) is 13.3. The van der Waals surface area contributed by atoms with Crippen LogP contribution in [0, 0.1) is 33.5 Å². The highest BCUT2D eigenvalue weighted by Gasteiger charge is 2.94. The van der Waals surface area contributed by atoms with E-state index in [0.717, 1.165) is 5.56 Å². The highest BCUT2D eigenvalue weighted by Crippen LogP contribution is 2.82. The average molecular weight is 294 g/mol. The highest BCUT2D eigenvalue weighted by atomic mass is 16.8. The van der Waals surface area contributed by atoms with Gasteiger partial charge in [0.2, 0.25) is 0 Å². The van der Waals surface area contributed by atoms with Crippen molar-refractivity contribution in [2.75, 3.05) is 6.61 Å². The number of fused-ring (bicyclic) bond motifs is 2. The predicted molar refractivity (Wildman–Crippen MR) is 76.1 cm³/mol. The van der Waals surface area contributed by atoms with Crippen LogP contribution in [-0.4, -0.2) is 24.5 Å². The third-order valence-corrected chi connectivity index (χ3v) is 4.93. The minimum Gasteiger partial charge on any atom is -0.386 e. The maximum atomic E-state index is 9.93. The minimum atomic E-state index is -1.47. The van der Waals surface area contributed by atoms with Crippen molar-refractivity contribution in [3.05, 3.63) is 35.9 Å². The molecule has 2 fully saturated rings. The van der Waals surface area contributed by atoms with Crippen LogP contribution in [0.15, 0.2) is 35.3 Å². The van der Waals surface area contributed by atoms with Gasteiger partial charge >= 0.3 is 0 Å². The molecule has 4 rings (SSSR count). The van der Waals surface area contributed by atoms with Crippen molar-refractivity contribution in [3.8, 4) is 12.1 Å². The molecule has 1 aromatic carbocycles. The van der Waals surface area contributed by atoms with Gasteiger partial charge in [0, 0.05) is 5.92 Å². The lowest BCUT2D eigenvalue weighted by atomic mass is 9.94. The molecule has 0 aromatic heterocycles. The second-order valence-electron chi connectivity index (χ2n) is 6.00. The van der Waals surface area contributed by atoms with E-state index in [1.165, 1.54) is 0 Å². The molecular formula is C16H14N4O2. The van der Waals surface area contributed by atoms with Crippen molar-refractivity contribution in [2.24, 2.45) is 21.6 Å². The lowest BCUT2D eigenvalue weighted by Crippen LogP contribution is -2.39. The normalized spacial score (nSPS) is 45.0. The summed E-state index contributed by atoms with van der Waals surface area (Å²) >= 11 is 0. The zero-order valence-corrected chi connectivity index (χ0v) is 12.0. The van der Waals surface area contributed by atoms with Gasteiger partial charge in [-0.25, -0.2) is 4.99 Å². The number of amidine groups is 1. The Bertz CT molecular complexity index is 765. The summed E-state index contributed by atoms with van der Waals surface area (Å²) in [5.41, 5.74) is 4.52. The van der Waals surface area contributed by atoms with Gasteiger partial charge in [0.15, 0.2) is 5.41 Å². The quantitative estimate of drug-likeness (QED) is 0.839. The van der Waals surface area contributed by atoms with E-state index < -0.39 is 22.7 Å². The molecule has 6 heteroatoms. The monoisotopic (exact) mass is 294 g/mol. The third kappa shape index (κ3) is 1.13. The smallest absolute Gasteiger partial charge is 0.293 e. The maximum absolute atomic E-state index is 9.93. The number of hydrogen-bond acceptors (Lipinski definition) is 6. The van der Waals surface area contributed by atoms with Crippen molar-refractivity contribution in [3.63, 3.8) is 0 Å². The molecule has 2 N–H and O–H groups in total. The van der Waals surface area contributed by atoms with E-state index in [2.05, 4.69) is 17.1 Å². The van der Waals surface area contributed by atoms with Crippen molar-refractivity contribution in [2.45, 2.75) is 24.9 Å². The number of hydrogen-bond donors (Lipinski definition) is 1. The molecule has 0 radical (unpaired) electrons. The molecule has 1 spiro atoms. The van der Waals surface area contributed by atoms with Crippen LogP contribution in [0.2, 0.25) is 0 Å². The van der Waals surface area contributed by atoms with E-state index in [0.29, 0.717) is 6.61 Å². The molecule has 6 nitrogen and oxygen atoms in total. The summed E-state index contributed by atoms with van der Waals surface area (Å²) in [6.07, 6.45) is -0.201. The summed E-state index contributed by atoms with van der Waals surface area (Å²) < 4.78 is 11.6. The zero-order valence-electron chi connectivity index (χ0n) is 12.0. The van der Waals surface area contributed by atoms with Crippen LogP contribution < -0.4 is 5.73 Å². The molecular weight excluding hydrogens is 280 g/mol. The first-order valence-corrected chi connectivity index (χ1v) is 7.13.